The summed E-state index contributed by atoms with van der Waals surface area (Å²) in [6.45, 7) is 19.4. The molecule has 15 rings (SSSR count). The van der Waals surface area contributed by atoms with Gasteiger partial charge in [0.05, 0.1) is 81.7 Å². The summed E-state index contributed by atoms with van der Waals surface area (Å²) >= 11 is -0.782. The molecular formula is C88H104BF9N4O23S3. The summed E-state index contributed by atoms with van der Waals surface area (Å²) in [5, 5.41) is 37.1. The lowest BCUT2D eigenvalue weighted by Crippen LogP contribution is -2.46. The maximum Gasteiger partial charge on any atom is 0.550 e. The highest BCUT2D eigenvalue weighted by Crippen LogP contribution is 2.46. The molecule has 0 bridgehead atoms. The van der Waals surface area contributed by atoms with Gasteiger partial charge in [0.25, 0.3) is 11.8 Å². The second-order valence-electron chi connectivity index (χ2n) is 29.0. The maximum absolute atomic E-state index is 12.6. The molecule has 7 aromatic rings. The van der Waals surface area contributed by atoms with Crippen molar-refractivity contribution in [2.24, 2.45) is 0 Å². The zero-order valence-electron chi connectivity index (χ0n) is 71.2. The van der Waals surface area contributed by atoms with Crippen LogP contribution in [0.25, 0.3) is 11.3 Å². The quantitative estimate of drug-likeness (QED) is 0.00690. The van der Waals surface area contributed by atoms with Crippen LogP contribution in [-0.2, 0) is 57.3 Å². The Morgan fingerprint density at radius 1 is 0.523 bits per heavy atom. The fourth-order valence-corrected chi connectivity index (χ4v) is 15.6. The number of hydrogen-bond donors (Lipinski definition) is 5. The van der Waals surface area contributed by atoms with Crippen molar-refractivity contribution in [1.82, 2.24) is 15.1 Å². The summed E-state index contributed by atoms with van der Waals surface area (Å²) < 4.78 is 202. The Morgan fingerprint density at radius 3 is 1.38 bits per heavy atom. The molecule has 8 heterocycles. The highest BCUT2D eigenvalue weighted by atomic mass is 32.3. The first-order valence-electron chi connectivity index (χ1n) is 40.9. The standard InChI is InChI=1S/C24H27NO3.C14H13F3O5S.C13H14O3.C11H16BNO3.C8H5F6NO4S2.C8H8O2.C5H8O2.C4H9N.CH4O/c1-3-25(4-2)23(26)19-11-9-18(10-12-19)21-17-24(13-15-27-16-14-24)28-22-8-6-5-7-20(21)22;15-14(16,17)23(18,19)22-12-9-13(5-7-20-8-6-13)21-11-4-2-1-3-10(11)12;14-11-9-13(5-7-15-8-6-13)16-12-4-2-1-3-10(11)12;1-3-13(4-2)11(14)9-5-7-10(8-6-9)12(15)16;9-7(10,11)18-19-20-15(6-4-2-1-3-5-6)21(16,17)8(12,13)14;1-6(9)7-4-2-3-5-8(7)10;6-5-1-3-7-4-2-5;1-2-4-5-3-1;1-2/h5-12,17H,3-4,13-16H2,1-2H3;1-4,9H,5-8H2;1-4H,5-9H2;5-8,15-16H,3-4H2,1-2H3;1-5H;2-5,10H,1H3;1-4H2;5H,1-4H2;2H,1H3. The van der Waals surface area contributed by atoms with Crippen molar-refractivity contribution in [2.45, 2.75) is 139 Å². The summed E-state index contributed by atoms with van der Waals surface area (Å²) in [5.74, 6) is 2.09. The van der Waals surface area contributed by atoms with Gasteiger partial charge in [-0.3, -0.25) is 24.0 Å². The van der Waals surface area contributed by atoms with Crippen molar-refractivity contribution < 1.29 is 147 Å². The number of sulfonamides is 1. The molecule has 5 fully saturated rings. The van der Waals surface area contributed by atoms with Crippen LogP contribution >= 0.6 is 12.2 Å². The third-order valence-corrected chi connectivity index (χ3v) is 23.8. The van der Waals surface area contributed by atoms with Crippen LogP contribution in [0.2, 0.25) is 0 Å². The summed E-state index contributed by atoms with van der Waals surface area (Å²) in [6.07, 6.45) is 6.89. The van der Waals surface area contributed by atoms with Crippen LogP contribution < -0.4 is 28.7 Å². The number of benzene rings is 7. The normalized spacial score (nSPS) is 16.7. The number of aliphatic hydroxyl groups excluding tert-OH is 1. The number of rotatable bonds is 16. The fraction of sp³-hybridized carbons (Fsp3) is 0.420. The smallest absolute Gasteiger partial charge is 0.507 e. The monoisotopic (exact) mass is 1860 g/mol. The minimum absolute atomic E-state index is 0.0380. The molecule has 8 aliphatic rings. The van der Waals surface area contributed by atoms with E-state index in [9.17, 15) is 80.3 Å². The lowest BCUT2D eigenvalue weighted by Gasteiger charge is -2.40. The predicted octanol–water partition coefficient (Wildman–Crippen LogP) is 14.7. The van der Waals surface area contributed by atoms with Gasteiger partial charge in [-0.1, -0.05) is 97.1 Å². The van der Waals surface area contributed by atoms with Gasteiger partial charge >= 0.3 is 44.6 Å². The minimum Gasteiger partial charge on any atom is -0.507 e. The number of phenols is 1. The van der Waals surface area contributed by atoms with E-state index in [-0.39, 0.29) is 57.4 Å². The van der Waals surface area contributed by atoms with Gasteiger partial charge < -0.3 is 72.7 Å². The molecule has 698 valence electrons. The van der Waals surface area contributed by atoms with Crippen LogP contribution in [0.4, 0.5) is 45.2 Å². The largest absolute Gasteiger partial charge is 0.550 e. The molecule has 0 atom stereocenters. The molecule has 0 aromatic heterocycles. The molecular weight excluding hydrogens is 1760 g/mol. The number of hydrogen-bond acceptors (Lipinski definition) is 25. The number of para-hydroxylation sites is 5. The Balaban J connectivity index is 0.000000208. The zero-order chi connectivity index (χ0) is 93.9. The Morgan fingerprint density at radius 2 is 0.953 bits per heavy atom. The molecule has 8 aliphatic heterocycles. The van der Waals surface area contributed by atoms with E-state index in [0.29, 0.717) is 120 Å². The van der Waals surface area contributed by atoms with Gasteiger partial charge in [0, 0.05) is 107 Å². The topological polar surface area (TPSA) is 349 Å². The van der Waals surface area contributed by atoms with Crippen molar-refractivity contribution in [3.05, 3.63) is 227 Å². The number of aliphatic hydroxyl groups is 1. The fourth-order valence-electron chi connectivity index (χ4n) is 13.5. The average Bonchev–Trinajstić information content (AvgIpc) is 0.859. The first-order chi connectivity index (χ1) is 60.8. The number of nitrogens with one attached hydrogen (secondary N) is 1. The molecule has 0 aliphatic carbocycles. The first kappa shape index (κ1) is 105. The molecule has 128 heavy (non-hydrogen) atoms. The molecule has 2 amide bonds. The van der Waals surface area contributed by atoms with Gasteiger partial charge in [0.15, 0.2) is 29.6 Å². The van der Waals surface area contributed by atoms with Gasteiger partial charge in [0.2, 0.25) is 0 Å². The maximum atomic E-state index is 12.6. The number of fused-ring (bicyclic) bond motifs is 3. The summed E-state index contributed by atoms with van der Waals surface area (Å²) in [6, 6.07) is 48.2. The SMILES string of the molecule is C1CCNC1.CC(=O)c1ccccc1O.CCN(CC)C(=O)c1ccc(B(O)O)cc1.CCN(CC)C(=O)c1ccc(C2=CC3(CCOCC3)Oc3ccccc32)cc1.CO.O=C1CC2(CCOCC2)Oc2ccccc21.O=C1CCOCC1.O=S(=O)(N(SOOC(F)(F)F)c1ccccc1)C(F)(F)F.O=S(=O)(OC1=CC2(CCOCC2)Oc2ccccc21)C(F)(F)F. The third kappa shape index (κ3) is 30.9. The Kier molecular flexibility index (Phi) is 40.8. The van der Waals surface area contributed by atoms with Crippen molar-refractivity contribution in [1.29, 1.82) is 0 Å². The molecule has 0 unspecified atom stereocenters. The molecule has 7 aromatic carbocycles. The number of aromatic hydroxyl groups is 1. The van der Waals surface area contributed by atoms with E-state index in [1.54, 1.807) is 65.6 Å². The number of Topliss-reactive ketones (excluding diaryl/α,β-unsaturated/α-hetero) is 3. The Hall–Kier alpha value is -9.95. The van der Waals surface area contributed by atoms with Crippen molar-refractivity contribution in [3.63, 3.8) is 0 Å². The molecule has 40 heteroatoms. The lowest BCUT2D eigenvalue weighted by atomic mass is 9.80. The number of phenolic OH excluding ortho intramolecular Hbond substituents is 1. The van der Waals surface area contributed by atoms with Crippen LogP contribution in [0, 0.1) is 0 Å². The van der Waals surface area contributed by atoms with E-state index < -0.39 is 71.9 Å². The number of halogens is 9. The number of ketones is 3. The van der Waals surface area contributed by atoms with Gasteiger partial charge in [-0.05, 0) is 162 Å². The molecule has 3 spiro atoms. The number of carbonyl (C=O) groups is 5. The number of alkyl halides is 9. The van der Waals surface area contributed by atoms with E-state index in [1.165, 1.54) is 74.8 Å². The predicted molar refractivity (Wildman–Crippen MR) is 460 cm³/mol. The molecule has 0 radical (unpaired) electrons. The number of ether oxygens (including phenoxy) is 7. The van der Waals surface area contributed by atoms with E-state index in [2.05, 4.69) is 43.0 Å². The summed E-state index contributed by atoms with van der Waals surface area (Å²) in [5.41, 5.74) is -7.03. The Bertz CT molecular complexity index is 4990. The molecule has 0 saturated carbocycles. The van der Waals surface area contributed by atoms with Crippen molar-refractivity contribution in [2.75, 3.05) is 103 Å². The minimum atomic E-state index is -5.99. The van der Waals surface area contributed by atoms with E-state index >= 15 is 0 Å². The average molecular weight is 1860 g/mol. The molecule has 5 N–H and O–H groups in total. The van der Waals surface area contributed by atoms with Crippen molar-refractivity contribution in [3.8, 4) is 23.0 Å². The van der Waals surface area contributed by atoms with E-state index in [4.69, 9.17) is 53.4 Å². The van der Waals surface area contributed by atoms with Crippen LogP contribution in [0.3, 0.4) is 0 Å². The lowest BCUT2D eigenvalue weighted by molar-refractivity contribution is -0.440. The molecule has 27 nitrogen and oxygen atoms in total. The van der Waals surface area contributed by atoms with Gasteiger partial charge in [-0.2, -0.15) is 46.9 Å². The summed E-state index contributed by atoms with van der Waals surface area (Å²) in [4.78, 5) is 64.0. The van der Waals surface area contributed by atoms with Crippen LogP contribution in [0.15, 0.2) is 188 Å². The highest BCUT2D eigenvalue weighted by molar-refractivity contribution is 8.12. The Labute approximate surface area is 742 Å². The number of anilines is 1. The third-order valence-electron chi connectivity index (χ3n) is 20.3. The van der Waals surface area contributed by atoms with Crippen LogP contribution in [0.1, 0.15) is 163 Å². The van der Waals surface area contributed by atoms with E-state index in [1.807, 2.05) is 87.2 Å². The van der Waals surface area contributed by atoms with Gasteiger partial charge in [0.1, 0.15) is 45.6 Å². The highest BCUT2D eigenvalue weighted by Gasteiger charge is 2.53. The van der Waals surface area contributed by atoms with E-state index in [0.717, 1.165) is 91.8 Å². The molecule has 5 saturated heterocycles. The first-order valence-corrected chi connectivity index (χ1v) is 44.4. The van der Waals surface area contributed by atoms with Crippen molar-refractivity contribution >= 4 is 91.1 Å². The summed E-state index contributed by atoms with van der Waals surface area (Å²) in [7, 11) is -12.2. The van der Waals surface area contributed by atoms with Crippen LogP contribution in [-0.4, -0.2) is 217 Å². The number of amides is 2. The van der Waals surface area contributed by atoms with Crippen LogP contribution in [0.5, 0.6) is 23.0 Å². The number of carbonyl (C=O) groups excluding carboxylic acids is 5. The second kappa shape index (κ2) is 49.7. The second-order valence-corrected chi connectivity index (χ2v) is 33.2. The van der Waals surface area contributed by atoms with Gasteiger partial charge in [-0.15, -0.1) is 22.4 Å². The zero-order valence-corrected chi connectivity index (χ0v) is 73.6. The van der Waals surface area contributed by atoms with Gasteiger partial charge in [-0.25, -0.2) is 0 Å². The number of nitrogens with zero attached hydrogens (tertiary/aromatic N) is 3.